The summed E-state index contributed by atoms with van der Waals surface area (Å²) in [5, 5.41) is 2.43. The fraction of sp³-hybridized carbons (Fsp3) is 0.350. The van der Waals surface area contributed by atoms with Gasteiger partial charge in [0.2, 0.25) is 5.91 Å². The zero-order valence-electron chi connectivity index (χ0n) is 15.7. The van der Waals surface area contributed by atoms with E-state index in [1.807, 2.05) is 26.8 Å². The summed E-state index contributed by atoms with van der Waals surface area (Å²) in [4.78, 5) is 12.9. The second kappa shape index (κ2) is 9.56. The van der Waals surface area contributed by atoms with Crippen LogP contribution in [0.15, 0.2) is 41.3 Å². The Morgan fingerprint density at radius 2 is 1.96 bits per heavy atom. The normalized spacial score (nSPS) is 12.5. The Morgan fingerprint density at radius 3 is 2.57 bits per heavy atom. The van der Waals surface area contributed by atoms with Crippen LogP contribution in [0.1, 0.15) is 31.4 Å². The summed E-state index contributed by atoms with van der Waals surface area (Å²) in [7, 11) is 0. The number of hydrogen-bond donors (Lipinski definition) is 1. The molecule has 152 valence electrons. The number of nitrogens with one attached hydrogen (secondary N) is 1. The van der Waals surface area contributed by atoms with Crippen molar-refractivity contribution in [3.05, 3.63) is 52.5 Å². The van der Waals surface area contributed by atoms with Crippen molar-refractivity contribution in [2.24, 2.45) is 0 Å². The molecule has 0 heterocycles. The number of carbonyl (C=O) groups is 1. The van der Waals surface area contributed by atoms with Crippen LogP contribution in [-0.4, -0.2) is 17.7 Å². The smallest absolute Gasteiger partial charge is 0.416 e. The van der Waals surface area contributed by atoms with Crippen LogP contribution in [-0.2, 0) is 11.0 Å². The zero-order valence-corrected chi connectivity index (χ0v) is 17.3. The van der Waals surface area contributed by atoms with Crippen molar-refractivity contribution in [1.29, 1.82) is 0 Å². The molecule has 0 bridgehead atoms. The Kier molecular flexibility index (Phi) is 7.66. The van der Waals surface area contributed by atoms with Gasteiger partial charge in [-0.3, -0.25) is 4.79 Å². The molecular formula is C20H21ClF3NO2S. The molecule has 0 aromatic heterocycles. The highest BCUT2D eigenvalue weighted by Gasteiger charge is 2.31. The number of aryl methyl sites for hydroxylation is 1. The van der Waals surface area contributed by atoms with Gasteiger partial charge in [-0.15, -0.1) is 11.8 Å². The highest BCUT2D eigenvalue weighted by molar-refractivity contribution is 8.00. The van der Waals surface area contributed by atoms with E-state index in [-0.39, 0.29) is 21.9 Å². The van der Waals surface area contributed by atoms with Crippen LogP contribution in [0.5, 0.6) is 11.5 Å². The molecule has 0 spiro atoms. The number of benzene rings is 2. The van der Waals surface area contributed by atoms with E-state index in [2.05, 4.69) is 5.32 Å². The summed E-state index contributed by atoms with van der Waals surface area (Å²) in [5.74, 6) is 0.502. The lowest BCUT2D eigenvalue weighted by Crippen LogP contribution is -2.31. The Hall–Kier alpha value is -1.86. The van der Waals surface area contributed by atoms with Gasteiger partial charge in [0.1, 0.15) is 11.5 Å². The lowest BCUT2D eigenvalue weighted by atomic mass is 10.2. The van der Waals surface area contributed by atoms with Gasteiger partial charge in [-0.2, -0.15) is 13.2 Å². The predicted octanol–water partition coefficient (Wildman–Crippen LogP) is 6.47. The Balaban J connectivity index is 2.16. The first-order valence-corrected chi connectivity index (χ1v) is 9.97. The van der Waals surface area contributed by atoms with Crippen LogP contribution in [0, 0.1) is 6.92 Å². The average molecular weight is 432 g/mol. The summed E-state index contributed by atoms with van der Waals surface area (Å²) in [5.41, 5.74) is 0.128. The molecule has 0 saturated heterocycles. The molecule has 2 aromatic carbocycles. The lowest BCUT2D eigenvalue weighted by molar-refractivity contribution is -0.137. The first-order chi connectivity index (χ1) is 13.1. The van der Waals surface area contributed by atoms with E-state index in [9.17, 15) is 18.0 Å². The van der Waals surface area contributed by atoms with Gasteiger partial charge in [-0.25, -0.2) is 0 Å². The minimum absolute atomic E-state index is 0.0524. The number of carbonyl (C=O) groups excluding carboxylic acids is 1. The monoisotopic (exact) mass is 431 g/mol. The minimum Gasteiger partial charge on any atom is -0.456 e. The number of alkyl halides is 3. The third-order valence-electron chi connectivity index (χ3n) is 3.87. The molecule has 0 aliphatic carbocycles. The number of amides is 1. The fourth-order valence-electron chi connectivity index (χ4n) is 2.29. The fourth-order valence-corrected chi connectivity index (χ4v) is 3.52. The minimum atomic E-state index is -4.47. The van der Waals surface area contributed by atoms with Crippen molar-refractivity contribution >= 4 is 29.3 Å². The van der Waals surface area contributed by atoms with Crippen LogP contribution >= 0.6 is 23.4 Å². The van der Waals surface area contributed by atoms with E-state index in [4.69, 9.17) is 16.3 Å². The molecule has 0 radical (unpaired) electrons. The van der Waals surface area contributed by atoms with Crippen molar-refractivity contribution < 1.29 is 22.7 Å². The van der Waals surface area contributed by atoms with Crippen molar-refractivity contribution in [2.75, 3.05) is 6.54 Å². The van der Waals surface area contributed by atoms with E-state index in [0.717, 1.165) is 29.0 Å². The first-order valence-electron chi connectivity index (χ1n) is 8.71. The molecule has 0 aliphatic heterocycles. The average Bonchev–Trinajstić information content (AvgIpc) is 2.63. The molecule has 8 heteroatoms. The van der Waals surface area contributed by atoms with Crippen LogP contribution < -0.4 is 10.1 Å². The standard InChI is InChI=1S/C20H21ClF3NO2S/c1-4-9-25-19(26)13(3)28-18-11-15(7-5-12(18)2)27-17-8-6-14(10-16(17)21)20(22,23)24/h5-8,10-11,13H,4,9H2,1-3H3,(H,25,26). The van der Waals surface area contributed by atoms with Crippen molar-refractivity contribution in [2.45, 2.75) is 43.5 Å². The summed E-state index contributed by atoms with van der Waals surface area (Å²) in [6, 6.07) is 8.23. The number of halogens is 4. The van der Waals surface area contributed by atoms with Crippen LogP contribution in [0.25, 0.3) is 0 Å². The van der Waals surface area contributed by atoms with Gasteiger partial charge < -0.3 is 10.1 Å². The number of ether oxygens (including phenoxy) is 1. The quantitative estimate of drug-likeness (QED) is 0.511. The van der Waals surface area contributed by atoms with Crippen LogP contribution in [0.3, 0.4) is 0 Å². The predicted molar refractivity (Wildman–Crippen MR) is 106 cm³/mol. The number of hydrogen-bond acceptors (Lipinski definition) is 3. The highest BCUT2D eigenvalue weighted by atomic mass is 35.5. The van der Waals surface area contributed by atoms with Crippen molar-refractivity contribution in [1.82, 2.24) is 5.32 Å². The Bertz CT molecular complexity index is 843. The molecule has 1 unspecified atom stereocenters. The van der Waals surface area contributed by atoms with Gasteiger partial charge >= 0.3 is 6.18 Å². The van der Waals surface area contributed by atoms with Gasteiger partial charge in [-0.1, -0.05) is 24.6 Å². The third-order valence-corrected chi connectivity index (χ3v) is 5.43. The highest BCUT2D eigenvalue weighted by Crippen LogP contribution is 2.37. The largest absolute Gasteiger partial charge is 0.456 e. The molecule has 0 aliphatic rings. The SMILES string of the molecule is CCCNC(=O)C(C)Sc1cc(Oc2ccc(C(F)(F)F)cc2Cl)ccc1C. The summed E-state index contributed by atoms with van der Waals surface area (Å²) < 4.78 is 43.9. The molecule has 1 atom stereocenters. The maximum Gasteiger partial charge on any atom is 0.416 e. The Labute approximate surface area is 171 Å². The van der Waals surface area contributed by atoms with Crippen molar-refractivity contribution in [3.63, 3.8) is 0 Å². The molecular weight excluding hydrogens is 411 g/mol. The van der Waals surface area contributed by atoms with E-state index in [1.165, 1.54) is 17.8 Å². The van der Waals surface area contributed by atoms with Crippen LogP contribution in [0.2, 0.25) is 5.02 Å². The van der Waals surface area contributed by atoms with Gasteiger partial charge in [0.25, 0.3) is 0 Å². The number of rotatable bonds is 7. The third kappa shape index (κ3) is 6.07. The molecule has 2 aromatic rings. The molecule has 28 heavy (non-hydrogen) atoms. The Morgan fingerprint density at radius 1 is 1.25 bits per heavy atom. The maximum atomic E-state index is 12.8. The van der Waals surface area contributed by atoms with Crippen LogP contribution in [0.4, 0.5) is 13.2 Å². The summed E-state index contributed by atoms with van der Waals surface area (Å²) >= 11 is 7.34. The first kappa shape index (κ1) is 22.4. The molecule has 2 rings (SSSR count). The van der Waals surface area contributed by atoms with E-state index in [0.29, 0.717) is 12.3 Å². The van der Waals surface area contributed by atoms with Gasteiger partial charge in [0, 0.05) is 11.4 Å². The second-order valence-corrected chi connectivity index (χ2v) is 8.01. The second-order valence-electron chi connectivity index (χ2n) is 6.22. The molecule has 1 amide bonds. The molecule has 0 fully saturated rings. The molecule has 1 N–H and O–H groups in total. The zero-order chi connectivity index (χ0) is 20.9. The van der Waals surface area contributed by atoms with Gasteiger partial charge in [-0.05, 0) is 56.2 Å². The maximum absolute atomic E-state index is 12.8. The van der Waals surface area contributed by atoms with E-state index >= 15 is 0 Å². The summed E-state index contributed by atoms with van der Waals surface area (Å²) in [6.07, 6.45) is -3.61. The summed E-state index contributed by atoms with van der Waals surface area (Å²) in [6.45, 7) is 6.33. The lowest BCUT2D eigenvalue weighted by Gasteiger charge is -2.15. The molecule has 3 nitrogen and oxygen atoms in total. The molecule has 0 saturated carbocycles. The van der Waals surface area contributed by atoms with E-state index in [1.54, 1.807) is 12.1 Å². The van der Waals surface area contributed by atoms with Gasteiger partial charge in [0.05, 0.1) is 15.8 Å². The van der Waals surface area contributed by atoms with E-state index < -0.39 is 11.7 Å². The topological polar surface area (TPSA) is 38.3 Å². The van der Waals surface area contributed by atoms with Crippen molar-refractivity contribution in [3.8, 4) is 11.5 Å². The number of thioether (sulfide) groups is 1. The van der Waals surface area contributed by atoms with Gasteiger partial charge in [0.15, 0.2) is 0 Å².